The van der Waals surface area contributed by atoms with Crippen LogP contribution in [0.4, 0.5) is 15.9 Å². The van der Waals surface area contributed by atoms with Gasteiger partial charge in [-0.1, -0.05) is 0 Å². The first kappa shape index (κ1) is 19.0. The molecule has 0 saturated carbocycles. The van der Waals surface area contributed by atoms with E-state index >= 15 is 0 Å². The van der Waals surface area contributed by atoms with Crippen LogP contribution < -0.4 is 9.64 Å². The summed E-state index contributed by atoms with van der Waals surface area (Å²) in [4.78, 5) is 18.8. The molecule has 2 heterocycles. The van der Waals surface area contributed by atoms with E-state index in [-0.39, 0.29) is 18.1 Å². The summed E-state index contributed by atoms with van der Waals surface area (Å²) in [5.74, 6) is 0.541. The van der Waals surface area contributed by atoms with Crippen LogP contribution in [0.1, 0.15) is 0 Å². The molecule has 0 radical (unpaired) electrons. The molecule has 3 rings (SSSR count). The zero-order valence-electron chi connectivity index (χ0n) is 14.7. The van der Waals surface area contributed by atoms with E-state index in [2.05, 4.69) is 9.88 Å². The van der Waals surface area contributed by atoms with Crippen molar-refractivity contribution in [1.82, 2.24) is 9.88 Å². The number of β-amino-alcohol motifs (C(OH)–C–C–N with tert-alkyl or cyclic N) is 1. The Morgan fingerprint density at radius 1 is 1.22 bits per heavy atom. The number of nitro groups is 1. The van der Waals surface area contributed by atoms with Crippen LogP contribution in [-0.4, -0.2) is 65.3 Å². The molecule has 0 spiro atoms. The molecular formula is C18H21FN4O4. The van der Waals surface area contributed by atoms with Gasteiger partial charge in [0.15, 0.2) is 0 Å². The highest BCUT2D eigenvalue weighted by Gasteiger charge is 2.25. The number of pyridine rings is 1. The topological polar surface area (TPSA) is 92.0 Å². The Morgan fingerprint density at radius 2 is 1.93 bits per heavy atom. The summed E-state index contributed by atoms with van der Waals surface area (Å²) in [5, 5.41) is 21.3. The molecule has 0 bridgehead atoms. The average molecular weight is 376 g/mol. The summed E-state index contributed by atoms with van der Waals surface area (Å²) in [6.45, 7) is 3.02. The first-order chi connectivity index (χ1) is 13.0. The molecule has 1 saturated heterocycles. The van der Waals surface area contributed by atoms with Crippen LogP contribution in [-0.2, 0) is 0 Å². The Balaban J connectivity index is 1.46. The van der Waals surface area contributed by atoms with Gasteiger partial charge in [-0.3, -0.25) is 15.0 Å². The molecule has 1 fully saturated rings. The predicted octanol–water partition coefficient (Wildman–Crippen LogP) is 1.69. The van der Waals surface area contributed by atoms with Crippen LogP contribution >= 0.6 is 0 Å². The molecule has 1 aromatic carbocycles. The molecule has 144 valence electrons. The number of ether oxygens (including phenoxy) is 1. The van der Waals surface area contributed by atoms with Crippen molar-refractivity contribution in [2.75, 3.05) is 44.2 Å². The van der Waals surface area contributed by atoms with Gasteiger partial charge in [0.1, 0.15) is 24.3 Å². The van der Waals surface area contributed by atoms with E-state index in [1.807, 2.05) is 4.90 Å². The highest BCUT2D eigenvalue weighted by molar-refractivity contribution is 5.57. The molecule has 9 heteroatoms. The van der Waals surface area contributed by atoms with Gasteiger partial charge in [-0.05, 0) is 30.3 Å². The van der Waals surface area contributed by atoms with E-state index in [0.29, 0.717) is 44.3 Å². The molecule has 1 aromatic heterocycles. The number of aliphatic hydroxyl groups excluding tert-OH is 1. The minimum atomic E-state index is -0.689. The van der Waals surface area contributed by atoms with Crippen LogP contribution in [0, 0.1) is 15.9 Å². The van der Waals surface area contributed by atoms with Crippen molar-refractivity contribution < 1.29 is 19.2 Å². The van der Waals surface area contributed by atoms with Crippen molar-refractivity contribution >= 4 is 11.5 Å². The van der Waals surface area contributed by atoms with Gasteiger partial charge in [0, 0.05) is 45.0 Å². The molecule has 1 atom stereocenters. The standard InChI is InChI=1S/C18H21FN4O4/c19-14-3-5-16(6-4-14)27-13-15(24)12-21-8-10-22(11-9-21)18-17(23(25)26)2-1-7-20-18/h1-7,15,24H,8-13H2/t15-/m0/s1. The van der Waals surface area contributed by atoms with Gasteiger partial charge in [0.2, 0.25) is 5.82 Å². The molecule has 27 heavy (non-hydrogen) atoms. The van der Waals surface area contributed by atoms with Gasteiger partial charge >= 0.3 is 5.69 Å². The second-order valence-electron chi connectivity index (χ2n) is 6.31. The minimum Gasteiger partial charge on any atom is -0.491 e. The van der Waals surface area contributed by atoms with Gasteiger partial charge in [-0.25, -0.2) is 9.37 Å². The lowest BCUT2D eigenvalue weighted by Gasteiger charge is -2.35. The Morgan fingerprint density at radius 3 is 2.59 bits per heavy atom. The van der Waals surface area contributed by atoms with Crippen molar-refractivity contribution in [2.45, 2.75) is 6.10 Å². The number of anilines is 1. The number of hydrogen-bond acceptors (Lipinski definition) is 7. The molecule has 0 unspecified atom stereocenters. The smallest absolute Gasteiger partial charge is 0.311 e. The van der Waals surface area contributed by atoms with Gasteiger partial charge < -0.3 is 14.7 Å². The number of hydrogen-bond donors (Lipinski definition) is 1. The van der Waals surface area contributed by atoms with E-state index in [1.165, 1.54) is 30.3 Å². The second-order valence-corrected chi connectivity index (χ2v) is 6.31. The third-order valence-electron chi connectivity index (χ3n) is 4.36. The van der Waals surface area contributed by atoms with E-state index < -0.39 is 11.0 Å². The quantitative estimate of drug-likeness (QED) is 0.581. The van der Waals surface area contributed by atoms with Gasteiger partial charge in [0.25, 0.3) is 0 Å². The Bertz CT molecular complexity index is 766. The van der Waals surface area contributed by atoms with Gasteiger partial charge in [-0.2, -0.15) is 0 Å². The van der Waals surface area contributed by atoms with Gasteiger partial charge in [0.05, 0.1) is 4.92 Å². The number of halogens is 1. The number of piperazine rings is 1. The number of nitrogens with zero attached hydrogens (tertiary/aromatic N) is 4. The second kappa shape index (κ2) is 8.74. The maximum absolute atomic E-state index is 12.9. The Labute approximate surface area is 156 Å². The third kappa shape index (κ3) is 5.11. The van der Waals surface area contributed by atoms with Crippen LogP contribution in [0.5, 0.6) is 5.75 Å². The average Bonchev–Trinajstić information content (AvgIpc) is 2.68. The fourth-order valence-corrected chi connectivity index (χ4v) is 2.99. The lowest BCUT2D eigenvalue weighted by Crippen LogP contribution is -2.49. The molecular weight excluding hydrogens is 355 g/mol. The molecule has 1 aliphatic heterocycles. The SMILES string of the molecule is O=[N+]([O-])c1cccnc1N1CCN(C[C@H](O)COc2ccc(F)cc2)CC1. The fourth-order valence-electron chi connectivity index (χ4n) is 2.99. The van der Waals surface area contributed by atoms with Gasteiger partial charge in [-0.15, -0.1) is 0 Å². The number of benzene rings is 1. The van der Waals surface area contributed by atoms with Crippen molar-refractivity contribution in [3.63, 3.8) is 0 Å². The van der Waals surface area contributed by atoms with Crippen molar-refractivity contribution in [3.05, 3.63) is 58.5 Å². The van der Waals surface area contributed by atoms with Crippen LogP contribution in [0.2, 0.25) is 0 Å². The predicted molar refractivity (Wildman–Crippen MR) is 97.4 cm³/mol. The third-order valence-corrected chi connectivity index (χ3v) is 4.36. The Kier molecular flexibility index (Phi) is 6.15. The van der Waals surface area contributed by atoms with Crippen molar-refractivity contribution in [3.8, 4) is 5.75 Å². The summed E-state index contributed by atoms with van der Waals surface area (Å²) in [5.41, 5.74) is -0.00122. The first-order valence-electron chi connectivity index (χ1n) is 8.66. The van der Waals surface area contributed by atoms with E-state index in [9.17, 15) is 19.6 Å². The summed E-state index contributed by atoms with van der Waals surface area (Å²) >= 11 is 0. The molecule has 0 aliphatic carbocycles. The summed E-state index contributed by atoms with van der Waals surface area (Å²) in [6, 6.07) is 8.64. The van der Waals surface area contributed by atoms with E-state index in [4.69, 9.17) is 4.74 Å². The number of aromatic nitrogens is 1. The highest BCUT2D eigenvalue weighted by Crippen LogP contribution is 2.25. The number of rotatable bonds is 7. The first-order valence-corrected chi connectivity index (χ1v) is 8.66. The zero-order valence-corrected chi connectivity index (χ0v) is 14.7. The number of aliphatic hydroxyl groups is 1. The largest absolute Gasteiger partial charge is 0.491 e. The fraction of sp³-hybridized carbons (Fsp3) is 0.389. The van der Waals surface area contributed by atoms with Crippen molar-refractivity contribution in [2.24, 2.45) is 0 Å². The Hall–Kier alpha value is -2.78. The maximum atomic E-state index is 12.9. The van der Waals surface area contributed by atoms with E-state index in [0.717, 1.165) is 0 Å². The maximum Gasteiger partial charge on any atom is 0.311 e. The normalized spacial score (nSPS) is 16.1. The zero-order chi connectivity index (χ0) is 19.2. The lowest BCUT2D eigenvalue weighted by atomic mass is 10.2. The lowest BCUT2D eigenvalue weighted by molar-refractivity contribution is -0.384. The van der Waals surface area contributed by atoms with Crippen LogP contribution in [0.15, 0.2) is 42.6 Å². The monoisotopic (exact) mass is 376 g/mol. The summed E-state index contributed by atoms with van der Waals surface area (Å²) in [6.07, 6.45) is 0.858. The van der Waals surface area contributed by atoms with Crippen LogP contribution in [0.3, 0.4) is 0 Å². The minimum absolute atomic E-state index is 0.00122. The van der Waals surface area contributed by atoms with Crippen LogP contribution in [0.25, 0.3) is 0 Å². The molecule has 1 N–H and O–H groups in total. The van der Waals surface area contributed by atoms with E-state index in [1.54, 1.807) is 12.3 Å². The van der Waals surface area contributed by atoms with Crippen molar-refractivity contribution in [1.29, 1.82) is 0 Å². The summed E-state index contributed by atoms with van der Waals surface area (Å²) < 4.78 is 18.3. The molecule has 1 aliphatic rings. The summed E-state index contributed by atoms with van der Waals surface area (Å²) in [7, 11) is 0. The molecule has 0 amide bonds. The molecule has 8 nitrogen and oxygen atoms in total. The molecule has 2 aromatic rings. The highest BCUT2D eigenvalue weighted by atomic mass is 19.1.